The molecule has 1 N–H and O–H groups in total. The van der Waals surface area contributed by atoms with Crippen molar-refractivity contribution in [2.24, 2.45) is 0 Å². The normalized spacial score (nSPS) is 12.8. The smallest absolute Gasteiger partial charge is 0.148 e. The number of benzene rings is 2. The molecule has 0 aliphatic carbocycles. The van der Waals surface area contributed by atoms with Gasteiger partial charge in [-0.25, -0.2) is 0 Å². The van der Waals surface area contributed by atoms with E-state index in [0.717, 1.165) is 26.6 Å². The van der Waals surface area contributed by atoms with Crippen LogP contribution in [0.5, 0.6) is 0 Å². The Balaban J connectivity index is 2.06. The molecule has 2 nitrogen and oxygen atoms in total. The SMILES string of the molecule is Cc1cccc(C(O)c2cc3cccc(Br)c3o2)c1. The van der Waals surface area contributed by atoms with Crippen molar-refractivity contribution in [1.29, 1.82) is 0 Å². The fraction of sp³-hybridized carbons (Fsp3) is 0.125. The molecule has 19 heavy (non-hydrogen) atoms. The first kappa shape index (κ1) is 12.5. The van der Waals surface area contributed by atoms with E-state index >= 15 is 0 Å². The zero-order valence-corrected chi connectivity index (χ0v) is 12.0. The third kappa shape index (κ3) is 2.31. The molecule has 3 rings (SSSR count). The average molecular weight is 317 g/mol. The maximum Gasteiger partial charge on any atom is 0.148 e. The highest BCUT2D eigenvalue weighted by molar-refractivity contribution is 9.10. The number of fused-ring (bicyclic) bond motifs is 1. The molecule has 0 radical (unpaired) electrons. The molecule has 0 aliphatic rings. The van der Waals surface area contributed by atoms with Crippen molar-refractivity contribution >= 4 is 26.9 Å². The number of hydrogen-bond donors (Lipinski definition) is 1. The van der Waals surface area contributed by atoms with Crippen molar-refractivity contribution in [3.05, 3.63) is 69.9 Å². The number of aliphatic hydroxyl groups excluding tert-OH is 1. The average Bonchev–Trinajstić information content (AvgIpc) is 2.83. The van der Waals surface area contributed by atoms with Gasteiger partial charge < -0.3 is 9.52 Å². The number of rotatable bonds is 2. The summed E-state index contributed by atoms with van der Waals surface area (Å²) in [6.45, 7) is 2.01. The van der Waals surface area contributed by atoms with E-state index in [9.17, 15) is 5.11 Å². The van der Waals surface area contributed by atoms with E-state index in [1.165, 1.54) is 0 Å². The van der Waals surface area contributed by atoms with Crippen LogP contribution in [0.4, 0.5) is 0 Å². The quantitative estimate of drug-likeness (QED) is 0.750. The summed E-state index contributed by atoms with van der Waals surface area (Å²) in [5, 5.41) is 11.4. The van der Waals surface area contributed by atoms with Crippen molar-refractivity contribution in [3.8, 4) is 0 Å². The lowest BCUT2D eigenvalue weighted by molar-refractivity contribution is 0.192. The second kappa shape index (κ2) is 4.83. The van der Waals surface area contributed by atoms with Crippen LogP contribution in [0.1, 0.15) is 23.0 Å². The van der Waals surface area contributed by atoms with E-state index in [1.807, 2.05) is 55.5 Å². The maximum absolute atomic E-state index is 10.4. The van der Waals surface area contributed by atoms with Gasteiger partial charge in [-0.2, -0.15) is 0 Å². The van der Waals surface area contributed by atoms with Gasteiger partial charge in [-0.15, -0.1) is 0 Å². The number of aliphatic hydroxyl groups is 1. The zero-order valence-electron chi connectivity index (χ0n) is 10.4. The molecule has 0 bridgehead atoms. The number of furan rings is 1. The lowest BCUT2D eigenvalue weighted by Gasteiger charge is -2.08. The number of halogens is 1. The van der Waals surface area contributed by atoms with E-state index < -0.39 is 6.10 Å². The van der Waals surface area contributed by atoms with Gasteiger partial charge in [0.2, 0.25) is 0 Å². The molecular weight excluding hydrogens is 304 g/mol. The summed E-state index contributed by atoms with van der Waals surface area (Å²) >= 11 is 3.45. The van der Waals surface area contributed by atoms with Gasteiger partial charge in [-0.05, 0) is 40.5 Å². The summed E-state index contributed by atoms with van der Waals surface area (Å²) in [5.74, 6) is 0.563. The summed E-state index contributed by atoms with van der Waals surface area (Å²) < 4.78 is 6.65. The van der Waals surface area contributed by atoms with Gasteiger partial charge in [0.1, 0.15) is 17.4 Å². The third-order valence-electron chi connectivity index (χ3n) is 3.14. The Labute approximate surface area is 119 Å². The van der Waals surface area contributed by atoms with Gasteiger partial charge in [-0.3, -0.25) is 0 Å². The van der Waals surface area contributed by atoms with E-state index in [2.05, 4.69) is 15.9 Å². The molecule has 0 saturated heterocycles. The molecule has 3 heteroatoms. The monoisotopic (exact) mass is 316 g/mol. The first-order valence-electron chi connectivity index (χ1n) is 6.08. The molecule has 2 aromatic carbocycles. The number of para-hydroxylation sites is 1. The predicted octanol–water partition coefficient (Wildman–Crippen LogP) is 4.59. The molecule has 3 aromatic rings. The van der Waals surface area contributed by atoms with Gasteiger partial charge in [0, 0.05) is 5.39 Å². The largest absolute Gasteiger partial charge is 0.457 e. The van der Waals surface area contributed by atoms with Gasteiger partial charge in [0.25, 0.3) is 0 Å². The Kier molecular flexibility index (Phi) is 3.17. The minimum Gasteiger partial charge on any atom is -0.457 e. The molecule has 1 heterocycles. The standard InChI is InChI=1S/C16H13BrO2/c1-10-4-2-5-11(8-10)15(18)14-9-12-6-3-7-13(17)16(12)19-14/h2-9,15,18H,1H3. The highest BCUT2D eigenvalue weighted by Crippen LogP contribution is 2.32. The van der Waals surface area contributed by atoms with Crippen LogP contribution >= 0.6 is 15.9 Å². The van der Waals surface area contributed by atoms with E-state index in [1.54, 1.807) is 0 Å². The van der Waals surface area contributed by atoms with Gasteiger partial charge >= 0.3 is 0 Å². The second-order valence-corrected chi connectivity index (χ2v) is 5.48. The Morgan fingerprint density at radius 3 is 2.63 bits per heavy atom. The van der Waals surface area contributed by atoms with Gasteiger partial charge in [0.15, 0.2) is 0 Å². The van der Waals surface area contributed by atoms with Crippen molar-refractivity contribution in [1.82, 2.24) is 0 Å². The van der Waals surface area contributed by atoms with Crippen molar-refractivity contribution in [3.63, 3.8) is 0 Å². The van der Waals surface area contributed by atoms with Crippen molar-refractivity contribution in [2.45, 2.75) is 13.0 Å². The van der Waals surface area contributed by atoms with Gasteiger partial charge in [-0.1, -0.05) is 42.0 Å². The minimum atomic E-state index is -0.737. The van der Waals surface area contributed by atoms with E-state index in [-0.39, 0.29) is 0 Å². The van der Waals surface area contributed by atoms with Crippen LogP contribution in [0, 0.1) is 6.92 Å². The molecule has 0 saturated carbocycles. The van der Waals surface area contributed by atoms with Crippen LogP contribution in [0.3, 0.4) is 0 Å². The number of hydrogen-bond acceptors (Lipinski definition) is 2. The van der Waals surface area contributed by atoms with Crippen LogP contribution in [-0.4, -0.2) is 5.11 Å². The molecule has 0 amide bonds. The summed E-state index contributed by atoms with van der Waals surface area (Å²) in [7, 11) is 0. The maximum atomic E-state index is 10.4. The Hall–Kier alpha value is -1.58. The molecular formula is C16H13BrO2. The van der Waals surface area contributed by atoms with Crippen LogP contribution in [0.15, 0.2) is 57.4 Å². The summed E-state index contributed by atoms with van der Waals surface area (Å²) in [6, 6.07) is 15.5. The van der Waals surface area contributed by atoms with Crippen LogP contribution in [-0.2, 0) is 0 Å². The Morgan fingerprint density at radius 2 is 1.89 bits per heavy atom. The Bertz CT molecular complexity index is 730. The minimum absolute atomic E-state index is 0.563. The van der Waals surface area contributed by atoms with E-state index in [4.69, 9.17) is 4.42 Å². The predicted molar refractivity (Wildman–Crippen MR) is 79.2 cm³/mol. The lowest BCUT2D eigenvalue weighted by atomic mass is 10.0. The van der Waals surface area contributed by atoms with Crippen LogP contribution in [0.2, 0.25) is 0 Å². The first-order valence-corrected chi connectivity index (χ1v) is 6.87. The molecule has 1 atom stereocenters. The fourth-order valence-corrected chi connectivity index (χ4v) is 2.65. The molecule has 0 fully saturated rings. The molecule has 1 aromatic heterocycles. The molecule has 1 unspecified atom stereocenters. The summed E-state index contributed by atoms with van der Waals surface area (Å²) in [6.07, 6.45) is -0.737. The molecule has 96 valence electrons. The van der Waals surface area contributed by atoms with Gasteiger partial charge in [0.05, 0.1) is 4.47 Å². The third-order valence-corrected chi connectivity index (χ3v) is 3.77. The lowest BCUT2D eigenvalue weighted by Crippen LogP contribution is -1.97. The summed E-state index contributed by atoms with van der Waals surface area (Å²) in [4.78, 5) is 0. The second-order valence-electron chi connectivity index (χ2n) is 4.62. The number of aryl methyl sites for hydroxylation is 1. The van der Waals surface area contributed by atoms with Crippen LogP contribution in [0.25, 0.3) is 11.0 Å². The highest BCUT2D eigenvalue weighted by Gasteiger charge is 2.16. The first-order chi connectivity index (χ1) is 9.15. The zero-order chi connectivity index (χ0) is 13.4. The molecule has 0 spiro atoms. The molecule has 0 aliphatic heterocycles. The van der Waals surface area contributed by atoms with Crippen molar-refractivity contribution < 1.29 is 9.52 Å². The Morgan fingerprint density at radius 1 is 1.11 bits per heavy atom. The topological polar surface area (TPSA) is 33.4 Å². The van der Waals surface area contributed by atoms with Crippen molar-refractivity contribution in [2.75, 3.05) is 0 Å². The fourth-order valence-electron chi connectivity index (χ4n) is 2.19. The summed E-state index contributed by atoms with van der Waals surface area (Å²) in [5.41, 5.74) is 2.73. The van der Waals surface area contributed by atoms with Crippen LogP contribution < -0.4 is 0 Å². The van der Waals surface area contributed by atoms with E-state index in [0.29, 0.717) is 5.76 Å². The highest BCUT2D eigenvalue weighted by atomic mass is 79.9.